The molecule has 2 heterocycles. The molecule has 2 rings (SSSR count). The number of rotatable bonds is 4. The van der Waals surface area contributed by atoms with E-state index in [1.165, 1.54) is 25.9 Å². The van der Waals surface area contributed by atoms with Crippen molar-refractivity contribution >= 4 is 0 Å². The Morgan fingerprint density at radius 2 is 2.16 bits per heavy atom. The first-order chi connectivity index (χ1) is 9.19. The van der Waals surface area contributed by atoms with E-state index in [1.807, 2.05) is 0 Å². The molecule has 3 unspecified atom stereocenters. The monoisotopic (exact) mass is 269 g/mol. The highest BCUT2D eigenvalue weighted by molar-refractivity contribution is 4.82. The molecule has 0 radical (unpaired) electrons. The fourth-order valence-corrected chi connectivity index (χ4v) is 3.12. The average molecular weight is 269 g/mol. The minimum atomic E-state index is 0.398. The first kappa shape index (κ1) is 15.2. The standard InChI is InChI=1S/C15H31N3O/c1-4-13(2)15-12-18(7-5-6-16-15)11-14-10-17(3)8-9-19-14/h13-16H,4-12H2,1-3H3. The fourth-order valence-electron chi connectivity index (χ4n) is 3.12. The van der Waals surface area contributed by atoms with Crippen LogP contribution in [0.3, 0.4) is 0 Å². The van der Waals surface area contributed by atoms with Gasteiger partial charge in [0.25, 0.3) is 0 Å². The number of morpholine rings is 1. The quantitative estimate of drug-likeness (QED) is 0.825. The van der Waals surface area contributed by atoms with Gasteiger partial charge in [0, 0.05) is 32.2 Å². The van der Waals surface area contributed by atoms with Gasteiger partial charge in [0.15, 0.2) is 0 Å². The lowest BCUT2D eigenvalue weighted by molar-refractivity contribution is -0.0361. The molecule has 0 amide bonds. The molecule has 2 fully saturated rings. The predicted octanol–water partition coefficient (Wildman–Crippen LogP) is 1.03. The molecule has 0 aromatic rings. The number of nitrogens with one attached hydrogen (secondary N) is 1. The zero-order valence-electron chi connectivity index (χ0n) is 12.9. The van der Waals surface area contributed by atoms with Crippen molar-refractivity contribution < 1.29 is 4.74 Å². The van der Waals surface area contributed by atoms with Gasteiger partial charge in [-0.05, 0) is 32.5 Å². The summed E-state index contributed by atoms with van der Waals surface area (Å²) >= 11 is 0. The Kier molecular flexibility index (Phi) is 6.07. The molecule has 4 nitrogen and oxygen atoms in total. The minimum Gasteiger partial charge on any atom is -0.374 e. The van der Waals surface area contributed by atoms with Crippen molar-refractivity contribution in [3.05, 3.63) is 0 Å². The summed E-state index contributed by atoms with van der Waals surface area (Å²) in [6.07, 6.45) is 2.92. The van der Waals surface area contributed by atoms with E-state index in [9.17, 15) is 0 Å². The van der Waals surface area contributed by atoms with Crippen LogP contribution in [0.2, 0.25) is 0 Å². The average Bonchev–Trinajstić information content (AvgIpc) is 2.63. The number of hydrogen-bond acceptors (Lipinski definition) is 4. The largest absolute Gasteiger partial charge is 0.374 e. The number of likely N-dealkylation sites (N-methyl/N-ethyl adjacent to an activating group) is 1. The fraction of sp³-hybridized carbons (Fsp3) is 1.00. The maximum atomic E-state index is 5.91. The highest BCUT2D eigenvalue weighted by Crippen LogP contribution is 2.14. The van der Waals surface area contributed by atoms with Crippen LogP contribution in [0.15, 0.2) is 0 Å². The van der Waals surface area contributed by atoms with Crippen LogP contribution < -0.4 is 5.32 Å². The SMILES string of the molecule is CCC(C)C1CN(CC2CN(C)CCO2)CCCN1. The van der Waals surface area contributed by atoms with Crippen LogP contribution in [0.5, 0.6) is 0 Å². The Bertz CT molecular complexity index is 262. The van der Waals surface area contributed by atoms with Gasteiger partial charge < -0.3 is 15.0 Å². The molecule has 0 aromatic heterocycles. The van der Waals surface area contributed by atoms with E-state index in [0.717, 1.165) is 38.7 Å². The Balaban J connectivity index is 1.84. The summed E-state index contributed by atoms with van der Waals surface area (Å²) in [5.41, 5.74) is 0. The molecule has 1 N–H and O–H groups in total. The van der Waals surface area contributed by atoms with Crippen molar-refractivity contribution in [1.29, 1.82) is 0 Å². The summed E-state index contributed by atoms with van der Waals surface area (Å²) in [7, 11) is 2.20. The van der Waals surface area contributed by atoms with Crippen molar-refractivity contribution in [3.63, 3.8) is 0 Å². The normalized spacial score (nSPS) is 33.0. The molecule has 2 saturated heterocycles. The van der Waals surface area contributed by atoms with Gasteiger partial charge in [-0.3, -0.25) is 4.90 Å². The molecule has 112 valence electrons. The Labute approximate surface area is 118 Å². The first-order valence-corrected chi connectivity index (χ1v) is 7.95. The summed E-state index contributed by atoms with van der Waals surface area (Å²) < 4.78 is 5.91. The Morgan fingerprint density at radius 1 is 1.32 bits per heavy atom. The Morgan fingerprint density at radius 3 is 2.89 bits per heavy atom. The van der Waals surface area contributed by atoms with Crippen LogP contribution in [0, 0.1) is 5.92 Å². The van der Waals surface area contributed by atoms with Crippen molar-refractivity contribution in [1.82, 2.24) is 15.1 Å². The van der Waals surface area contributed by atoms with Gasteiger partial charge in [-0.25, -0.2) is 0 Å². The van der Waals surface area contributed by atoms with Crippen molar-refractivity contribution in [3.8, 4) is 0 Å². The smallest absolute Gasteiger partial charge is 0.0829 e. The second kappa shape index (κ2) is 7.58. The number of hydrogen-bond donors (Lipinski definition) is 1. The van der Waals surface area contributed by atoms with Crippen LogP contribution in [-0.2, 0) is 4.74 Å². The lowest BCUT2D eigenvalue weighted by Crippen LogP contribution is -2.48. The van der Waals surface area contributed by atoms with Gasteiger partial charge in [0.2, 0.25) is 0 Å². The molecule has 2 aliphatic rings. The molecule has 0 spiro atoms. The molecule has 4 heteroatoms. The van der Waals surface area contributed by atoms with Crippen LogP contribution in [0.1, 0.15) is 26.7 Å². The first-order valence-electron chi connectivity index (χ1n) is 7.95. The number of ether oxygens (including phenoxy) is 1. The summed E-state index contributed by atoms with van der Waals surface area (Å²) in [5, 5.41) is 3.72. The molecule has 2 aliphatic heterocycles. The van der Waals surface area contributed by atoms with Crippen molar-refractivity contribution in [2.45, 2.75) is 38.8 Å². The van der Waals surface area contributed by atoms with Crippen LogP contribution in [0.25, 0.3) is 0 Å². The van der Waals surface area contributed by atoms with E-state index < -0.39 is 0 Å². The maximum Gasteiger partial charge on any atom is 0.0829 e. The van der Waals surface area contributed by atoms with E-state index >= 15 is 0 Å². The molecule has 0 bridgehead atoms. The van der Waals surface area contributed by atoms with Gasteiger partial charge in [0.05, 0.1) is 12.7 Å². The predicted molar refractivity (Wildman–Crippen MR) is 79.5 cm³/mol. The van der Waals surface area contributed by atoms with Crippen molar-refractivity contribution in [2.75, 3.05) is 52.9 Å². The molecule has 19 heavy (non-hydrogen) atoms. The van der Waals surface area contributed by atoms with E-state index in [1.54, 1.807) is 0 Å². The van der Waals surface area contributed by atoms with Gasteiger partial charge >= 0.3 is 0 Å². The second-order valence-corrected chi connectivity index (χ2v) is 6.31. The summed E-state index contributed by atoms with van der Waals surface area (Å²) in [6, 6.07) is 0.647. The summed E-state index contributed by atoms with van der Waals surface area (Å²) in [5.74, 6) is 0.760. The molecular weight excluding hydrogens is 238 g/mol. The third-order valence-corrected chi connectivity index (χ3v) is 4.65. The van der Waals surface area contributed by atoms with Crippen LogP contribution in [0.4, 0.5) is 0 Å². The van der Waals surface area contributed by atoms with Gasteiger partial charge in [-0.1, -0.05) is 20.3 Å². The Hall–Kier alpha value is -0.160. The van der Waals surface area contributed by atoms with Gasteiger partial charge in [-0.15, -0.1) is 0 Å². The molecular formula is C15H31N3O. The van der Waals surface area contributed by atoms with Crippen LogP contribution >= 0.6 is 0 Å². The second-order valence-electron chi connectivity index (χ2n) is 6.31. The van der Waals surface area contributed by atoms with E-state index in [-0.39, 0.29) is 0 Å². The molecule has 0 saturated carbocycles. The third kappa shape index (κ3) is 4.71. The third-order valence-electron chi connectivity index (χ3n) is 4.65. The summed E-state index contributed by atoms with van der Waals surface area (Å²) in [4.78, 5) is 5.00. The zero-order chi connectivity index (χ0) is 13.7. The van der Waals surface area contributed by atoms with E-state index in [2.05, 4.69) is 36.0 Å². The number of nitrogens with zero attached hydrogens (tertiary/aromatic N) is 2. The molecule has 0 aliphatic carbocycles. The van der Waals surface area contributed by atoms with Gasteiger partial charge in [-0.2, -0.15) is 0 Å². The van der Waals surface area contributed by atoms with E-state index in [4.69, 9.17) is 4.74 Å². The lowest BCUT2D eigenvalue weighted by atomic mass is 9.99. The van der Waals surface area contributed by atoms with Crippen molar-refractivity contribution in [2.24, 2.45) is 5.92 Å². The van der Waals surface area contributed by atoms with Crippen LogP contribution in [-0.4, -0.2) is 74.9 Å². The van der Waals surface area contributed by atoms with E-state index in [0.29, 0.717) is 12.1 Å². The maximum absolute atomic E-state index is 5.91. The highest BCUT2D eigenvalue weighted by Gasteiger charge is 2.25. The lowest BCUT2D eigenvalue weighted by Gasteiger charge is -2.35. The zero-order valence-corrected chi connectivity index (χ0v) is 12.9. The highest BCUT2D eigenvalue weighted by atomic mass is 16.5. The molecule has 3 atom stereocenters. The summed E-state index contributed by atoms with van der Waals surface area (Å²) in [6.45, 7) is 12.4. The topological polar surface area (TPSA) is 27.7 Å². The van der Waals surface area contributed by atoms with Gasteiger partial charge in [0.1, 0.15) is 0 Å². The minimum absolute atomic E-state index is 0.398. The molecule has 0 aromatic carbocycles.